The third-order valence-corrected chi connectivity index (χ3v) is 3.40. The number of rotatable bonds is 7. The molecule has 0 radical (unpaired) electrons. The van der Waals surface area contributed by atoms with Gasteiger partial charge in [0.05, 0.1) is 5.38 Å². The largest absolute Gasteiger partial charge is 0.246 e. The van der Waals surface area contributed by atoms with Crippen LogP contribution >= 0.6 is 11.6 Å². The van der Waals surface area contributed by atoms with E-state index >= 15 is 0 Å². The fourth-order valence-electron chi connectivity index (χ4n) is 1.75. The van der Waals surface area contributed by atoms with E-state index in [-0.39, 0.29) is 5.38 Å². The Morgan fingerprint density at radius 2 is 1.88 bits per heavy atom. The summed E-state index contributed by atoms with van der Waals surface area (Å²) in [7, 11) is 0. The number of benzene rings is 1. The fourth-order valence-corrected chi connectivity index (χ4v) is 1.88. The molecule has 0 fully saturated rings. The minimum absolute atomic E-state index is 0.309. The van der Waals surface area contributed by atoms with Crippen molar-refractivity contribution in [3.8, 4) is 0 Å². The van der Waals surface area contributed by atoms with E-state index in [1.807, 2.05) is 25.1 Å². The molecule has 0 saturated heterocycles. The summed E-state index contributed by atoms with van der Waals surface area (Å²) in [6, 6.07) is 10.3. The first-order chi connectivity index (χ1) is 7.74. The molecule has 90 valence electrons. The normalized spacial score (nSPS) is 14.7. The van der Waals surface area contributed by atoms with E-state index in [0.717, 1.165) is 19.3 Å². The van der Waals surface area contributed by atoms with Crippen LogP contribution in [0, 0.1) is 0 Å². The summed E-state index contributed by atoms with van der Waals surface area (Å²) < 4.78 is 13.4. The first-order valence-corrected chi connectivity index (χ1v) is 6.49. The number of hydrogen-bond acceptors (Lipinski definition) is 0. The maximum Gasteiger partial charge on any atom is 0.116 e. The van der Waals surface area contributed by atoms with Gasteiger partial charge in [0.15, 0.2) is 0 Å². The van der Waals surface area contributed by atoms with Gasteiger partial charge in [-0.15, -0.1) is 11.6 Å². The number of unbranched alkanes of at least 4 members (excludes halogenated alkanes) is 1. The van der Waals surface area contributed by atoms with Crippen molar-refractivity contribution in [2.24, 2.45) is 0 Å². The van der Waals surface area contributed by atoms with E-state index in [2.05, 4.69) is 12.1 Å². The van der Waals surface area contributed by atoms with Gasteiger partial charge in [0.1, 0.15) is 6.17 Å². The highest BCUT2D eigenvalue weighted by Crippen LogP contribution is 2.17. The molecule has 0 aliphatic carbocycles. The summed E-state index contributed by atoms with van der Waals surface area (Å²) in [6.45, 7) is 1.92. The lowest BCUT2D eigenvalue weighted by molar-refractivity contribution is 0.291. The van der Waals surface area contributed by atoms with Gasteiger partial charge >= 0.3 is 0 Å². The Balaban J connectivity index is 2.13. The van der Waals surface area contributed by atoms with Crippen LogP contribution in [-0.2, 0) is 6.42 Å². The Morgan fingerprint density at radius 3 is 2.50 bits per heavy atom. The average molecular weight is 243 g/mol. The zero-order chi connectivity index (χ0) is 11.8. The molecule has 0 bridgehead atoms. The van der Waals surface area contributed by atoms with E-state index in [9.17, 15) is 4.39 Å². The van der Waals surface area contributed by atoms with Crippen LogP contribution in [0.4, 0.5) is 4.39 Å². The Labute approximate surface area is 103 Å². The van der Waals surface area contributed by atoms with Crippen LogP contribution in [0.25, 0.3) is 0 Å². The molecule has 0 aromatic heterocycles. The SMILES string of the molecule is CCC(Cl)C(F)CCCCc1ccccc1. The lowest BCUT2D eigenvalue weighted by Crippen LogP contribution is -2.14. The van der Waals surface area contributed by atoms with E-state index < -0.39 is 6.17 Å². The van der Waals surface area contributed by atoms with Gasteiger partial charge in [-0.2, -0.15) is 0 Å². The van der Waals surface area contributed by atoms with Crippen LogP contribution < -0.4 is 0 Å². The van der Waals surface area contributed by atoms with Gasteiger partial charge in [0.2, 0.25) is 0 Å². The van der Waals surface area contributed by atoms with Crippen LogP contribution in [0.3, 0.4) is 0 Å². The average Bonchev–Trinajstić information content (AvgIpc) is 2.34. The zero-order valence-corrected chi connectivity index (χ0v) is 10.6. The molecular weight excluding hydrogens is 223 g/mol. The van der Waals surface area contributed by atoms with Gasteiger partial charge in [-0.1, -0.05) is 43.7 Å². The molecule has 0 aliphatic rings. The molecule has 2 atom stereocenters. The van der Waals surface area contributed by atoms with Crippen LogP contribution in [0.5, 0.6) is 0 Å². The minimum Gasteiger partial charge on any atom is -0.246 e. The summed E-state index contributed by atoms with van der Waals surface area (Å²) in [5.41, 5.74) is 1.33. The first-order valence-electron chi connectivity index (χ1n) is 6.06. The van der Waals surface area contributed by atoms with Crippen molar-refractivity contribution in [1.82, 2.24) is 0 Å². The number of alkyl halides is 2. The van der Waals surface area contributed by atoms with Gasteiger partial charge < -0.3 is 0 Å². The van der Waals surface area contributed by atoms with Gasteiger partial charge in [-0.3, -0.25) is 0 Å². The third-order valence-electron chi connectivity index (χ3n) is 2.82. The molecule has 0 spiro atoms. The predicted octanol–water partition coefficient (Wildman–Crippen LogP) is 4.75. The second-order valence-electron chi connectivity index (χ2n) is 4.17. The third kappa shape index (κ3) is 4.98. The fraction of sp³-hybridized carbons (Fsp3) is 0.571. The van der Waals surface area contributed by atoms with Crippen molar-refractivity contribution in [3.05, 3.63) is 35.9 Å². The summed E-state index contributed by atoms with van der Waals surface area (Å²) in [5.74, 6) is 0. The molecule has 16 heavy (non-hydrogen) atoms. The molecular formula is C14H20ClF. The number of halogens is 2. The van der Waals surface area contributed by atoms with Crippen LogP contribution in [-0.4, -0.2) is 11.5 Å². The molecule has 0 amide bonds. The van der Waals surface area contributed by atoms with Crippen molar-refractivity contribution in [1.29, 1.82) is 0 Å². The van der Waals surface area contributed by atoms with E-state index in [1.165, 1.54) is 5.56 Å². The van der Waals surface area contributed by atoms with E-state index in [4.69, 9.17) is 11.6 Å². The Hall–Kier alpha value is -0.560. The number of hydrogen-bond donors (Lipinski definition) is 0. The molecule has 2 unspecified atom stereocenters. The van der Waals surface area contributed by atoms with Gasteiger partial charge in [-0.25, -0.2) is 4.39 Å². The van der Waals surface area contributed by atoms with Crippen LogP contribution in [0.15, 0.2) is 30.3 Å². The van der Waals surface area contributed by atoms with Crippen LogP contribution in [0.2, 0.25) is 0 Å². The molecule has 0 nitrogen and oxygen atoms in total. The highest BCUT2D eigenvalue weighted by molar-refractivity contribution is 6.20. The molecule has 0 N–H and O–H groups in total. The monoisotopic (exact) mass is 242 g/mol. The first kappa shape index (κ1) is 13.5. The standard InChI is InChI=1S/C14H20ClF/c1-2-13(15)14(16)11-7-6-10-12-8-4-3-5-9-12/h3-5,8-9,13-14H,2,6-7,10-11H2,1H3. The lowest BCUT2D eigenvalue weighted by Gasteiger charge is -2.12. The molecule has 2 heteroatoms. The topological polar surface area (TPSA) is 0 Å². The maximum atomic E-state index is 13.4. The highest BCUT2D eigenvalue weighted by Gasteiger charge is 2.15. The smallest absolute Gasteiger partial charge is 0.116 e. The summed E-state index contributed by atoms with van der Waals surface area (Å²) in [6.07, 6.45) is 3.45. The minimum atomic E-state index is -0.845. The second kappa shape index (κ2) is 7.67. The van der Waals surface area contributed by atoms with E-state index in [0.29, 0.717) is 12.8 Å². The molecule has 1 aromatic rings. The zero-order valence-electron chi connectivity index (χ0n) is 9.83. The summed E-state index contributed by atoms with van der Waals surface area (Å²) in [5, 5.41) is -0.309. The Morgan fingerprint density at radius 1 is 1.19 bits per heavy atom. The Bertz CT molecular complexity index is 273. The maximum absolute atomic E-state index is 13.4. The van der Waals surface area contributed by atoms with Gasteiger partial charge in [0.25, 0.3) is 0 Å². The molecule has 0 saturated carbocycles. The quantitative estimate of drug-likeness (QED) is 0.478. The van der Waals surface area contributed by atoms with Crippen molar-refractivity contribution in [2.75, 3.05) is 0 Å². The Kier molecular flexibility index (Phi) is 6.47. The highest BCUT2D eigenvalue weighted by atomic mass is 35.5. The van der Waals surface area contributed by atoms with Crippen LogP contribution in [0.1, 0.15) is 38.2 Å². The van der Waals surface area contributed by atoms with Crippen molar-refractivity contribution in [2.45, 2.75) is 50.6 Å². The number of aryl methyl sites for hydroxylation is 1. The van der Waals surface area contributed by atoms with Gasteiger partial charge in [0, 0.05) is 0 Å². The summed E-state index contributed by atoms with van der Waals surface area (Å²) in [4.78, 5) is 0. The molecule has 1 aromatic carbocycles. The van der Waals surface area contributed by atoms with E-state index in [1.54, 1.807) is 0 Å². The van der Waals surface area contributed by atoms with Crippen molar-refractivity contribution >= 4 is 11.6 Å². The molecule has 1 rings (SSSR count). The second-order valence-corrected chi connectivity index (χ2v) is 4.73. The van der Waals surface area contributed by atoms with Crippen molar-refractivity contribution in [3.63, 3.8) is 0 Å². The van der Waals surface area contributed by atoms with Crippen molar-refractivity contribution < 1.29 is 4.39 Å². The molecule has 0 aliphatic heterocycles. The summed E-state index contributed by atoms with van der Waals surface area (Å²) >= 11 is 5.84. The predicted molar refractivity (Wildman–Crippen MR) is 68.8 cm³/mol. The van der Waals surface area contributed by atoms with Gasteiger partial charge in [-0.05, 0) is 31.2 Å². The molecule has 0 heterocycles. The lowest BCUT2D eigenvalue weighted by atomic mass is 10.0.